The number of hydrogen-bond acceptors (Lipinski definition) is 4. The Bertz CT molecular complexity index is 1920. The monoisotopic (exact) mass is 641 g/mol. The molecule has 0 N–H and O–H groups in total. The van der Waals surface area contributed by atoms with Crippen LogP contribution in [0.1, 0.15) is 99.6 Å². The first kappa shape index (κ1) is 32.7. The van der Waals surface area contributed by atoms with Gasteiger partial charge in [0.15, 0.2) is 0 Å². The van der Waals surface area contributed by atoms with Crippen LogP contribution >= 0.6 is 0 Å². The van der Waals surface area contributed by atoms with E-state index in [1.54, 1.807) is 0 Å². The third kappa shape index (κ3) is 6.23. The fraction of sp³-hybridized carbons (Fsp3) is 0.442. The topological polar surface area (TPSA) is 46.8 Å². The van der Waals surface area contributed by atoms with Gasteiger partial charge in [0.1, 0.15) is 0 Å². The molecule has 0 spiro atoms. The molecule has 5 nitrogen and oxygen atoms in total. The molecule has 1 saturated heterocycles. The second kappa shape index (κ2) is 13.6. The van der Waals surface area contributed by atoms with Crippen molar-refractivity contribution >= 4 is 17.1 Å². The molecular weight excluding hydrogens is 590 g/mol. The Morgan fingerprint density at radius 1 is 0.979 bits per heavy atom. The van der Waals surface area contributed by atoms with E-state index in [1.807, 2.05) is 12.3 Å². The number of fused-ring (bicyclic) bond motifs is 1. The smallest absolute Gasteiger partial charge is 0.251 e. The standard InChI is InChI=1S/C43H51N3O2/c1-6-8-32-9-7-10-34(23-32)39-26-42(47)46(37-16-17-37)41-18-15-36(25-40(39)41)43(45-19-21-48-22-20-45,31(5)28-44-27-29(2)3)35-14-11-30(4)38(24-35)33-12-13-33/h7,9-11,14-15,18,23-29,33,37H,6,8,12-13,16-17,19-22H2,1-5H3/b31-28+,44-27?. The van der Waals surface area contributed by atoms with Gasteiger partial charge in [0.2, 0.25) is 0 Å². The quantitative estimate of drug-likeness (QED) is 0.153. The van der Waals surface area contributed by atoms with Crippen LogP contribution in [0.25, 0.3) is 22.0 Å². The van der Waals surface area contributed by atoms with Crippen molar-refractivity contribution in [2.75, 3.05) is 26.3 Å². The molecule has 0 amide bonds. The highest BCUT2D eigenvalue weighted by Gasteiger charge is 2.44. The van der Waals surface area contributed by atoms with Crippen molar-refractivity contribution in [3.63, 3.8) is 0 Å². The fourth-order valence-corrected chi connectivity index (χ4v) is 7.96. The summed E-state index contributed by atoms with van der Waals surface area (Å²) < 4.78 is 8.02. The zero-order valence-electron chi connectivity index (χ0n) is 29.5. The molecule has 0 radical (unpaired) electrons. The van der Waals surface area contributed by atoms with E-state index in [1.165, 1.54) is 46.2 Å². The van der Waals surface area contributed by atoms with Crippen molar-refractivity contribution in [2.24, 2.45) is 10.9 Å². The van der Waals surface area contributed by atoms with E-state index in [2.05, 4.69) is 111 Å². The predicted octanol–water partition coefficient (Wildman–Crippen LogP) is 9.35. The summed E-state index contributed by atoms with van der Waals surface area (Å²) in [5.74, 6) is 1.00. The highest BCUT2D eigenvalue weighted by atomic mass is 16.5. The molecule has 250 valence electrons. The van der Waals surface area contributed by atoms with Gasteiger partial charge in [-0.2, -0.15) is 0 Å². The lowest BCUT2D eigenvalue weighted by molar-refractivity contribution is 0.00107. The molecule has 1 aromatic heterocycles. The summed E-state index contributed by atoms with van der Waals surface area (Å²) >= 11 is 0. The lowest BCUT2D eigenvalue weighted by Crippen LogP contribution is -2.53. The number of ether oxygens (including phenoxy) is 1. The van der Waals surface area contributed by atoms with Gasteiger partial charge in [-0.25, -0.2) is 0 Å². The van der Waals surface area contributed by atoms with Crippen LogP contribution in [0.4, 0.5) is 0 Å². The molecule has 4 aromatic rings. The van der Waals surface area contributed by atoms with E-state index in [9.17, 15) is 4.79 Å². The van der Waals surface area contributed by atoms with E-state index in [4.69, 9.17) is 9.73 Å². The molecule has 3 aliphatic rings. The summed E-state index contributed by atoms with van der Waals surface area (Å²) in [4.78, 5) is 21.3. The Balaban J connectivity index is 1.53. The van der Waals surface area contributed by atoms with E-state index in [-0.39, 0.29) is 11.6 Å². The highest BCUT2D eigenvalue weighted by molar-refractivity contribution is 5.95. The maximum atomic E-state index is 13.8. The first-order valence-electron chi connectivity index (χ1n) is 18.2. The van der Waals surface area contributed by atoms with E-state index in [0.29, 0.717) is 25.0 Å². The number of morpholine rings is 1. The number of rotatable bonds is 11. The summed E-state index contributed by atoms with van der Waals surface area (Å²) in [5, 5.41) is 1.14. The van der Waals surface area contributed by atoms with Gasteiger partial charge in [-0.3, -0.25) is 14.7 Å². The Kier molecular flexibility index (Phi) is 9.28. The minimum absolute atomic E-state index is 0.0970. The predicted molar refractivity (Wildman–Crippen MR) is 199 cm³/mol. The molecule has 2 aliphatic carbocycles. The second-order valence-electron chi connectivity index (χ2n) is 14.7. The van der Waals surface area contributed by atoms with Gasteiger partial charge in [0, 0.05) is 43.0 Å². The number of aryl methyl sites for hydroxylation is 2. The molecule has 1 unspecified atom stereocenters. The Morgan fingerprint density at radius 3 is 2.44 bits per heavy atom. The summed E-state index contributed by atoms with van der Waals surface area (Å²) in [6.07, 6.45) is 10.9. The maximum absolute atomic E-state index is 13.8. The maximum Gasteiger partial charge on any atom is 0.251 e. The molecule has 7 rings (SSSR count). The van der Waals surface area contributed by atoms with Crippen molar-refractivity contribution in [3.05, 3.63) is 117 Å². The van der Waals surface area contributed by atoms with Gasteiger partial charge < -0.3 is 9.30 Å². The van der Waals surface area contributed by atoms with Gasteiger partial charge in [0.05, 0.1) is 24.3 Å². The van der Waals surface area contributed by atoms with Crippen LogP contribution in [0.5, 0.6) is 0 Å². The van der Waals surface area contributed by atoms with Crippen LogP contribution in [0.3, 0.4) is 0 Å². The van der Waals surface area contributed by atoms with E-state index < -0.39 is 5.54 Å². The van der Waals surface area contributed by atoms with Gasteiger partial charge in [-0.15, -0.1) is 0 Å². The number of benzene rings is 3. The molecular formula is C43H51N3O2. The minimum Gasteiger partial charge on any atom is -0.379 e. The van der Waals surface area contributed by atoms with Crippen molar-refractivity contribution < 1.29 is 4.74 Å². The fourth-order valence-electron chi connectivity index (χ4n) is 7.96. The Morgan fingerprint density at radius 2 is 1.73 bits per heavy atom. The van der Waals surface area contributed by atoms with Crippen LogP contribution in [0.15, 0.2) is 88.3 Å². The summed E-state index contributed by atoms with van der Waals surface area (Å²) in [6, 6.07) is 25.1. The number of aliphatic imine (C=N–C) groups is 1. The van der Waals surface area contributed by atoms with E-state index >= 15 is 0 Å². The van der Waals surface area contributed by atoms with Crippen molar-refractivity contribution in [2.45, 2.75) is 90.6 Å². The van der Waals surface area contributed by atoms with Crippen LogP contribution in [-0.2, 0) is 16.7 Å². The summed E-state index contributed by atoms with van der Waals surface area (Å²) in [5.41, 5.74) is 10.5. The normalized spacial score (nSPS) is 19.0. The third-order valence-corrected chi connectivity index (χ3v) is 10.6. The largest absolute Gasteiger partial charge is 0.379 e. The number of hydrogen-bond donors (Lipinski definition) is 0. The summed E-state index contributed by atoms with van der Waals surface area (Å²) in [7, 11) is 0. The van der Waals surface area contributed by atoms with Gasteiger partial charge in [-0.1, -0.05) is 75.7 Å². The number of aromatic nitrogens is 1. The molecule has 2 saturated carbocycles. The lowest BCUT2D eigenvalue weighted by Gasteiger charge is -2.47. The molecule has 1 aliphatic heterocycles. The molecule has 5 heteroatoms. The van der Waals surface area contributed by atoms with Gasteiger partial charge in [0.25, 0.3) is 5.56 Å². The Hall–Kier alpha value is -3.80. The SMILES string of the molecule is CCCc1cccc(-c2cc(=O)n(C3CC3)c3ccc(C(/C(C)=C/N=CC(C)C)(c4ccc(C)c(C5CC5)c4)N4CCOCC4)cc23)c1. The first-order valence-corrected chi connectivity index (χ1v) is 18.2. The molecule has 0 bridgehead atoms. The third-order valence-electron chi connectivity index (χ3n) is 10.6. The zero-order valence-corrected chi connectivity index (χ0v) is 29.5. The zero-order chi connectivity index (χ0) is 33.4. The average Bonchev–Trinajstić information content (AvgIpc) is 4.02. The molecule has 48 heavy (non-hydrogen) atoms. The lowest BCUT2D eigenvalue weighted by atomic mass is 9.74. The van der Waals surface area contributed by atoms with Crippen LogP contribution in [-0.4, -0.2) is 42.0 Å². The van der Waals surface area contributed by atoms with Gasteiger partial charge >= 0.3 is 0 Å². The average molecular weight is 642 g/mol. The molecule has 2 heterocycles. The highest BCUT2D eigenvalue weighted by Crippen LogP contribution is 2.48. The van der Waals surface area contributed by atoms with Crippen LogP contribution in [0, 0.1) is 12.8 Å². The Labute approximate surface area is 286 Å². The van der Waals surface area contributed by atoms with Crippen LogP contribution in [0.2, 0.25) is 0 Å². The van der Waals surface area contributed by atoms with Crippen molar-refractivity contribution in [1.29, 1.82) is 0 Å². The number of nitrogens with zero attached hydrogens (tertiary/aromatic N) is 3. The van der Waals surface area contributed by atoms with Gasteiger partial charge in [-0.05, 0) is 114 Å². The molecule has 3 fully saturated rings. The van der Waals surface area contributed by atoms with Crippen molar-refractivity contribution in [1.82, 2.24) is 9.47 Å². The summed E-state index contributed by atoms with van der Waals surface area (Å²) in [6.45, 7) is 14.1. The molecule has 1 atom stereocenters. The first-order chi connectivity index (χ1) is 23.3. The minimum atomic E-state index is -0.564. The van der Waals surface area contributed by atoms with E-state index in [0.717, 1.165) is 60.8 Å². The van der Waals surface area contributed by atoms with Crippen molar-refractivity contribution in [3.8, 4) is 11.1 Å². The van der Waals surface area contributed by atoms with Crippen LogP contribution < -0.4 is 5.56 Å². The molecule has 3 aromatic carbocycles. The second-order valence-corrected chi connectivity index (χ2v) is 14.7. The number of pyridine rings is 1.